The summed E-state index contributed by atoms with van der Waals surface area (Å²) >= 11 is 11.8. The van der Waals surface area contributed by atoms with Crippen molar-refractivity contribution in [3.05, 3.63) is 34.8 Å². The van der Waals surface area contributed by atoms with Gasteiger partial charge in [0.1, 0.15) is 10.6 Å². The van der Waals surface area contributed by atoms with Crippen LogP contribution in [0.3, 0.4) is 0 Å². The van der Waals surface area contributed by atoms with Crippen molar-refractivity contribution in [2.45, 2.75) is 30.6 Å². The molecule has 0 aliphatic carbocycles. The number of hydrogen-bond donors (Lipinski definition) is 1. The third kappa shape index (κ3) is 5.32. The van der Waals surface area contributed by atoms with E-state index in [9.17, 15) is 8.42 Å². The van der Waals surface area contributed by atoms with Crippen molar-refractivity contribution >= 4 is 33.2 Å². The zero-order chi connectivity index (χ0) is 15.2. The molecule has 112 valence electrons. The van der Waals surface area contributed by atoms with Crippen LogP contribution in [0.2, 0.25) is 10.0 Å². The van der Waals surface area contributed by atoms with Gasteiger partial charge in [-0.2, -0.15) is 0 Å². The lowest BCUT2D eigenvalue weighted by Gasteiger charge is -2.10. The zero-order valence-electron chi connectivity index (χ0n) is 10.9. The average molecular weight is 338 g/mol. The van der Waals surface area contributed by atoms with Gasteiger partial charge in [0.2, 0.25) is 10.0 Å². The first-order valence-electron chi connectivity index (χ1n) is 6.12. The number of ether oxygens (including phenoxy) is 1. The van der Waals surface area contributed by atoms with Gasteiger partial charge in [-0.05, 0) is 31.7 Å². The number of sulfonamides is 1. The highest BCUT2D eigenvalue weighted by atomic mass is 35.5. The van der Waals surface area contributed by atoms with E-state index < -0.39 is 10.0 Å². The van der Waals surface area contributed by atoms with Crippen molar-refractivity contribution in [2.75, 3.05) is 6.61 Å². The summed E-state index contributed by atoms with van der Waals surface area (Å²) in [5.41, 5.74) is 0. The lowest BCUT2D eigenvalue weighted by Crippen LogP contribution is -2.13. The molecule has 0 bridgehead atoms. The van der Waals surface area contributed by atoms with Crippen LogP contribution >= 0.6 is 23.2 Å². The van der Waals surface area contributed by atoms with Crippen LogP contribution < -0.4 is 9.88 Å². The van der Waals surface area contributed by atoms with E-state index in [1.807, 2.05) is 6.08 Å². The Hall–Kier alpha value is -0.750. The lowest BCUT2D eigenvalue weighted by atomic mass is 10.2. The van der Waals surface area contributed by atoms with Crippen molar-refractivity contribution in [3.63, 3.8) is 0 Å². The van der Waals surface area contributed by atoms with Crippen molar-refractivity contribution in [2.24, 2.45) is 5.14 Å². The largest absolute Gasteiger partial charge is 0.492 e. The van der Waals surface area contributed by atoms with Crippen LogP contribution in [-0.2, 0) is 10.0 Å². The first-order valence-corrected chi connectivity index (χ1v) is 8.42. The van der Waals surface area contributed by atoms with Gasteiger partial charge in [0.15, 0.2) is 0 Å². The molecule has 20 heavy (non-hydrogen) atoms. The number of halogens is 2. The van der Waals surface area contributed by atoms with Gasteiger partial charge in [-0.3, -0.25) is 0 Å². The topological polar surface area (TPSA) is 69.4 Å². The third-order valence-electron chi connectivity index (χ3n) is 2.60. The molecule has 0 saturated heterocycles. The van der Waals surface area contributed by atoms with Gasteiger partial charge >= 0.3 is 0 Å². The first-order chi connectivity index (χ1) is 9.36. The van der Waals surface area contributed by atoms with Crippen molar-refractivity contribution in [1.29, 1.82) is 0 Å². The molecule has 1 aromatic carbocycles. The van der Waals surface area contributed by atoms with Crippen molar-refractivity contribution < 1.29 is 13.2 Å². The quantitative estimate of drug-likeness (QED) is 0.579. The standard InChI is InChI=1S/C13H17Cl2NO3S/c1-2-3-4-5-6-7-19-12-8-11(15)13(9-10(12)14)20(16,17)18/h2,8-9H,1,3-7H2,(H2,16,17,18). The number of unbranched alkanes of at least 4 members (excludes halogenated alkanes) is 3. The molecule has 0 aliphatic heterocycles. The average Bonchev–Trinajstić information content (AvgIpc) is 2.35. The van der Waals surface area contributed by atoms with Gasteiger partial charge in [-0.25, -0.2) is 13.6 Å². The van der Waals surface area contributed by atoms with E-state index in [0.717, 1.165) is 25.7 Å². The third-order valence-corrected chi connectivity index (χ3v) is 4.27. The number of allylic oxidation sites excluding steroid dienone is 1. The minimum atomic E-state index is -3.89. The molecule has 0 aromatic heterocycles. The van der Waals surface area contributed by atoms with Gasteiger partial charge in [-0.1, -0.05) is 29.3 Å². The molecule has 1 rings (SSSR count). The Labute approximate surface area is 129 Å². The van der Waals surface area contributed by atoms with Crippen LogP contribution in [0.4, 0.5) is 0 Å². The molecule has 0 fully saturated rings. The number of primary sulfonamides is 1. The van der Waals surface area contributed by atoms with Crippen LogP contribution in [0, 0.1) is 0 Å². The Morgan fingerprint density at radius 2 is 1.90 bits per heavy atom. The molecule has 2 N–H and O–H groups in total. The smallest absolute Gasteiger partial charge is 0.239 e. The summed E-state index contributed by atoms with van der Waals surface area (Å²) in [5, 5.41) is 5.19. The summed E-state index contributed by atoms with van der Waals surface area (Å²) in [4.78, 5) is -0.206. The summed E-state index contributed by atoms with van der Waals surface area (Å²) in [5.74, 6) is 0.354. The van der Waals surface area contributed by atoms with Crippen molar-refractivity contribution in [1.82, 2.24) is 0 Å². The summed E-state index contributed by atoms with van der Waals surface area (Å²) in [7, 11) is -3.89. The molecule has 7 heteroatoms. The molecule has 0 unspecified atom stereocenters. The molecule has 4 nitrogen and oxygen atoms in total. The molecule has 0 saturated carbocycles. The SMILES string of the molecule is C=CCCCCCOc1cc(Cl)c(S(N)(=O)=O)cc1Cl. The van der Waals surface area contributed by atoms with Gasteiger partial charge < -0.3 is 4.74 Å². The van der Waals surface area contributed by atoms with E-state index in [1.54, 1.807) is 0 Å². The van der Waals surface area contributed by atoms with Crippen LogP contribution in [0.25, 0.3) is 0 Å². The summed E-state index contributed by atoms with van der Waals surface area (Å²) in [6.07, 6.45) is 5.82. The zero-order valence-corrected chi connectivity index (χ0v) is 13.3. The second-order valence-electron chi connectivity index (χ2n) is 4.24. The van der Waals surface area contributed by atoms with Crippen LogP contribution in [0.1, 0.15) is 25.7 Å². The van der Waals surface area contributed by atoms with E-state index in [2.05, 4.69) is 6.58 Å². The van der Waals surface area contributed by atoms with E-state index >= 15 is 0 Å². The number of benzene rings is 1. The highest BCUT2D eigenvalue weighted by molar-refractivity contribution is 7.89. The molecule has 0 radical (unpaired) electrons. The van der Waals surface area contributed by atoms with Crippen molar-refractivity contribution in [3.8, 4) is 5.75 Å². The molecular formula is C13H17Cl2NO3S. The van der Waals surface area contributed by atoms with Crippen LogP contribution in [0.15, 0.2) is 29.7 Å². The van der Waals surface area contributed by atoms with Gasteiger partial charge in [0.25, 0.3) is 0 Å². The maximum Gasteiger partial charge on any atom is 0.239 e. The predicted octanol–water partition coefficient (Wildman–Crippen LogP) is 3.77. The Balaban J connectivity index is 2.64. The first kappa shape index (κ1) is 17.3. The Morgan fingerprint density at radius 1 is 1.20 bits per heavy atom. The molecule has 0 atom stereocenters. The lowest BCUT2D eigenvalue weighted by molar-refractivity contribution is 0.305. The van der Waals surface area contributed by atoms with E-state index in [1.165, 1.54) is 12.1 Å². The molecule has 0 spiro atoms. The van der Waals surface area contributed by atoms with E-state index in [-0.39, 0.29) is 14.9 Å². The Bertz CT molecular complexity index is 573. The number of rotatable bonds is 8. The highest BCUT2D eigenvalue weighted by Gasteiger charge is 2.16. The maximum absolute atomic E-state index is 11.3. The minimum Gasteiger partial charge on any atom is -0.492 e. The Morgan fingerprint density at radius 3 is 2.50 bits per heavy atom. The maximum atomic E-state index is 11.3. The number of hydrogen-bond acceptors (Lipinski definition) is 3. The molecule has 0 aliphatic rings. The summed E-state index contributed by atoms with van der Waals surface area (Å²) in [6, 6.07) is 2.57. The molecule has 1 aromatic rings. The fourth-order valence-electron chi connectivity index (χ4n) is 1.59. The molecule has 0 heterocycles. The summed E-state index contributed by atoms with van der Waals surface area (Å²) in [6.45, 7) is 4.14. The van der Waals surface area contributed by atoms with E-state index in [0.29, 0.717) is 12.4 Å². The second-order valence-corrected chi connectivity index (χ2v) is 6.59. The van der Waals surface area contributed by atoms with Gasteiger partial charge in [0, 0.05) is 6.07 Å². The molecule has 0 amide bonds. The summed E-state index contributed by atoms with van der Waals surface area (Å²) < 4.78 is 28.0. The van der Waals surface area contributed by atoms with Crippen LogP contribution in [-0.4, -0.2) is 15.0 Å². The van der Waals surface area contributed by atoms with Gasteiger partial charge in [-0.15, -0.1) is 6.58 Å². The number of nitrogens with two attached hydrogens (primary N) is 1. The fraction of sp³-hybridized carbons (Fsp3) is 0.385. The predicted molar refractivity (Wildman–Crippen MR) is 82.0 cm³/mol. The minimum absolute atomic E-state index is 0.00134. The van der Waals surface area contributed by atoms with E-state index in [4.69, 9.17) is 33.1 Å². The highest BCUT2D eigenvalue weighted by Crippen LogP contribution is 2.33. The second kappa shape index (κ2) is 7.88. The van der Waals surface area contributed by atoms with Gasteiger partial charge in [0.05, 0.1) is 16.7 Å². The monoisotopic (exact) mass is 337 g/mol. The van der Waals surface area contributed by atoms with Crippen LogP contribution in [0.5, 0.6) is 5.75 Å². The Kier molecular flexibility index (Phi) is 6.82. The fourth-order valence-corrected chi connectivity index (χ4v) is 2.96. The molecular weight excluding hydrogens is 321 g/mol. The normalized spacial score (nSPS) is 11.3.